The van der Waals surface area contributed by atoms with Gasteiger partial charge in [-0.3, -0.25) is 9.59 Å². The summed E-state index contributed by atoms with van der Waals surface area (Å²) in [6, 6.07) is 20.4. The van der Waals surface area contributed by atoms with E-state index < -0.39 is 9.84 Å². The molecule has 1 aliphatic heterocycles. The van der Waals surface area contributed by atoms with Gasteiger partial charge in [0.25, 0.3) is 11.8 Å². The van der Waals surface area contributed by atoms with E-state index in [1.165, 1.54) is 11.0 Å². The van der Waals surface area contributed by atoms with E-state index in [1.807, 2.05) is 19.1 Å². The standard InChI is InChI=1S/C23H20N2O4S/c1-16-6-2-3-7-19(16)22(26)24-18-12-10-17(11-13-18)23(27)25-14-15-30(28,29)21-9-5-4-8-20(21)25/h2-13H,14-15H2,1H3,(H,24,26). The van der Waals surface area contributed by atoms with E-state index in [-0.39, 0.29) is 29.0 Å². The van der Waals surface area contributed by atoms with Crippen LogP contribution in [0.4, 0.5) is 11.4 Å². The third-order valence-corrected chi connectivity index (χ3v) is 6.83. The van der Waals surface area contributed by atoms with E-state index in [9.17, 15) is 18.0 Å². The van der Waals surface area contributed by atoms with Gasteiger partial charge in [-0.25, -0.2) is 8.42 Å². The number of nitrogens with zero attached hydrogens (tertiary/aromatic N) is 1. The van der Waals surface area contributed by atoms with Crippen molar-refractivity contribution in [2.75, 3.05) is 22.5 Å². The predicted octanol–water partition coefficient (Wildman–Crippen LogP) is 3.68. The third-order valence-electron chi connectivity index (χ3n) is 5.10. The number of hydrogen-bond acceptors (Lipinski definition) is 4. The van der Waals surface area contributed by atoms with E-state index >= 15 is 0 Å². The summed E-state index contributed by atoms with van der Waals surface area (Å²) < 4.78 is 24.6. The quantitative estimate of drug-likeness (QED) is 0.701. The summed E-state index contributed by atoms with van der Waals surface area (Å²) in [5.74, 6) is -0.614. The maximum absolute atomic E-state index is 13.0. The van der Waals surface area contributed by atoms with Crippen LogP contribution < -0.4 is 10.2 Å². The molecule has 0 atom stereocenters. The van der Waals surface area contributed by atoms with Crippen LogP contribution in [0, 0.1) is 6.92 Å². The van der Waals surface area contributed by atoms with Gasteiger partial charge in [-0.05, 0) is 55.0 Å². The van der Waals surface area contributed by atoms with Gasteiger partial charge in [0, 0.05) is 23.4 Å². The molecule has 1 heterocycles. The molecule has 0 bridgehead atoms. The number of sulfone groups is 1. The Morgan fingerprint density at radius 3 is 2.30 bits per heavy atom. The third kappa shape index (κ3) is 3.71. The number of benzene rings is 3. The maximum Gasteiger partial charge on any atom is 0.258 e. The van der Waals surface area contributed by atoms with Crippen molar-refractivity contribution >= 4 is 33.0 Å². The average Bonchev–Trinajstić information content (AvgIpc) is 2.74. The molecule has 0 unspecified atom stereocenters. The van der Waals surface area contributed by atoms with Crippen molar-refractivity contribution in [3.05, 3.63) is 89.5 Å². The van der Waals surface area contributed by atoms with Crippen LogP contribution in [-0.2, 0) is 9.84 Å². The van der Waals surface area contributed by atoms with Gasteiger partial charge in [0.1, 0.15) is 0 Å². The Morgan fingerprint density at radius 1 is 0.900 bits per heavy atom. The molecule has 2 amide bonds. The molecule has 3 aromatic carbocycles. The Balaban J connectivity index is 1.54. The number of hydrogen-bond donors (Lipinski definition) is 1. The van der Waals surface area contributed by atoms with Crippen molar-refractivity contribution < 1.29 is 18.0 Å². The van der Waals surface area contributed by atoms with Crippen LogP contribution in [0.15, 0.2) is 77.7 Å². The summed E-state index contributed by atoms with van der Waals surface area (Å²) in [7, 11) is -3.38. The summed E-state index contributed by atoms with van der Waals surface area (Å²) in [4.78, 5) is 27.1. The number of anilines is 2. The smallest absolute Gasteiger partial charge is 0.258 e. The molecule has 0 saturated heterocycles. The molecule has 0 fully saturated rings. The molecule has 7 heteroatoms. The first-order valence-corrected chi connectivity index (χ1v) is 11.1. The SMILES string of the molecule is Cc1ccccc1C(=O)Nc1ccc(C(=O)N2CCS(=O)(=O)c3ccccc32)cc1. The molecular formula is C23H20N2O4S. The van der Waals surface area contributed by atoms with Crippen LogP contribution >= 0.6 is 0 Å². The largest absolute Gasteiger partial charge is 0.322 e. The van der Waals surface area contributed by atoms with Crippen molar-refractivity contribution in [1.82, 2.24) is 0 Å². The Labute approximate surface area is 175 Å². The molecule has 0 aliphatic carbocycles. The topological polar surface area (TPSA) is 83.6 Å². The van der Waals surface area contributed by atoms with E-state index in [0.29, 0.717) is 22.5 Å². The van der Waals surface area contributed by atoms with Crippen molar-refractivity contribution in [3.63, 3.8) is 0 Å². The molecular weight excluding hydrogens is 400 g/mol. The molecule has 3 aromatic rings. The molecule has 6 nitrogen and oxygen atoms in total. The highest BCUT2D eigenvalue weighted by molar-refractivity contribution is 7.91. The molecule has 152 valence electrons. The first kappa shape index (κ1) is 19.8. The highest BCUT2D eigenvalue weighted by Gasteiger charge is 2.31. The number of nitrogens with one attached hydrogen (secondary N) is 1. The Kier molecular flexibility index (Phi) is 5.13. The second kappa shape index (κ2) is 7.76. The summed E-state index contributed by atoms with van der Waals surface area (Å²) in [6.45, 7) is 1.97. The van der Waals surface area contributed by atoms with Crippen LogP contribution in [0.25, 0.3) is 0 Å². The maximum atomic E-state index is 13.0. The highest BCUT2D eigenvalue weighted by Crippen LogP contribution is 2.31. The summed E-state index contributed by atoms with van der Waals surface area (Å²) in [5.41, 5.74) is 2.84. The number of fused-ring (bicyclic) bond motifs is 1. The summed E-state index contributed by atoms with van der Waals surface area (Å²) in [5, 5.41) is 2.83. The van der Waals surface area contributed by atoms with Crippen LogP contribution in [0.5, 0.6) is 0 Å². The summed E-state index contributed by atoms with van der Waals surface area (Å²) >= 11 is 0. The average molecular weight is 420 g/mol. The van der Waals surface area contributed by atoms with Crippen molar-refractivity contribution in [1.29, 1.82) is 0 Å². The minimum absolute atomic E-state index is 0.101. The zero-order valence-corrected chi connectivity index (χ0v) is 17.1. The van der Waals surface area contributed by atoms with Gasteiger partial charge in [0.05, 0.1) is 16.3 Å². The van der Waals surface area contributed by atoms with Gasteiger partial charge in [-0.2, -0.15) is 0 Å². The molecule has 0 spiro atoms. The van der Waals surface area contributed by atoms with Crippen LogP contribution in [0.1, 0.15) is 26.3 Å². The fourth-order valence-electron chi connectivity index (χ4n) is 3.47. The lowest BCUT2D eigenvalue weighted by Crippen LogP contribution is -2.39. The second-order valence-electron chi connectivity index (χ2n) is 7.09. The zero-order valence-electron chi connectivity index (χ0n) is 16.3. The number of carbonyl (C=O) groups excluding carboxylic acids is 2. The fraction of sp³-hybridized carbons (Fsp3) is 0.130. The van der Waals surface area contributed by atoms with Crippen LogP contribution in [-0.4, -0.2) is 32.5 Å². The number of aryl methyl sites for hydroxylation is 1. The minimum atomic E-state index is -3.38. The van der Waals surface area contributed by atoms with Gasteiger partial charge >= 0.3 is 0 Å². The predicted molar refractivity (Wildman–Crippen MR) is 116 cm³/mol. The Hall–Kier alpha value is -3.45. The number of para-hydroxylation sites is 1. The lowest BCUT2D eigenvalue weighted by atomic mass is 10.1. The number of rotatable bonds is 3. The van der Waals surface area contributed by atoms with Gasteiger partial charge in [0.15, 0.2) is 9.84 Å². The van der Waals surface area contributed by atoms with E-state index in [1.54, 1.807) is 54.6 Å². The summed E-state index contributed by atoms with van der Waals surface area (Å²) in [6.07, 6.45) is 0. The lowest BCUT2D eigenvalue weighted by molar-refractivity contribution is 0.0986. The Morgan fingerprint density at radius 2 is 1.57 bits per heavy atom. The number of amides is 2. The minimum Gasteiger partial charge on any atom is -0.322 e. The van der Waals surface area contributed by atoms with Crippen molar-refractivity contribution in [2.24, 2.45) is 0 Å². The Bertz CT molecular complexity index is 1230. The molecule has 0 aromatic heterocycles. The van der Waals surface area contributed by atoms with Crippen molar-refractivity contribution in [3.8, 4) is 0 Å². The first-order chi connectivity index (χ1) is 14.4. The monoisotopic (exact) mass is 420 g/mol. The number of carbonyl (C=O) groups is 2. The van der Waals surface area contributed by atoms with Gasteiger partial charge in [0.2, 0.25) is 0 Å². The van der Waals surface area contributed by atoms with E-state index in [4.69, 9.17) is 0 Å². The molecule has 30 heavy (non-hydrogen) atoms. The molecule has 0 saturated carbocycles. The molecule has 4 rings (SSSR count). The van der Waals surface area contributed by atoms with Crippen LogP contribution in [0.3, 0.4) is 0 Å². The van der Waals surface area contributed by atoms with Crippen molar-refractivity contribution in [2.45, 2.75) is 11.8 Å². The fourth-order valence-corrected chi connectivity index (χ4v) is 4.90. The zero-order chi connectivity index (χ0) is 21.3. The second-order valence-corrected chi connectivity index (χ2v) is 9.17. The first-order valence-electron chi connectivity index (χ1n) is 9.47. The molecule has 1 N–H and O–H groups in total. The van der Waals surface area contributed by atoms with E-state index in [0.717, 1.165) is 5.56 Å². The van der Waals surface area contributed by atoms with E-state index in [2.05, 4.69) is 5.32 Å². The lowest BCUT2D eigenvalue weighted by Gasteiger charge is -2.29. The van der Waals surface area contributed by atoms with Crippen LogP contribution in [0.2, 0.25) is 0 Å². The normalized spacial score (nSPS) is 14.6. The van der Waals surface area contributed by atoms with Gasteiger partial charge < -0.3 is 10.2 Å². The van der Waals surface area contributed by atoms with Gasteiger partial charge in [-0.1, -0.05) is 30.3 Å². The van der Waals surface area contributed by atoms with Gasteiger partial charge in [-0.15, -0.1) is 0 Å². The highest BCUT2D eigenvalue weighted by atomic mass is 32.2. The molecule has 1 aliphatic rings. The molecule has 0 radical (unpaired) electrons.